The average molecular weight is 466 g/mol. The van der Waals surface area contributed by atoms with E-state index in [-0.39, 0.29) is 24.0 Å². The van der Waals surface area contributed by atoms with Gasteiger partial charge in [-0.05, 0) is 42.8 Å². The predicted molar refractivity (Wildman–Crippen MR) is 126 cm³/mol. The number of carbonyl (C=O) groups excluding carboxylic acids is 2. The number of nitrogens with zero attached hydrogens (tertiary/aromatic N) is 2. The van der Waals surface area contributed by atoms with Crippen molar-refractivity contribution in [2.75, 3.05) is 51.9 Å². The van der Waals surface area contributed by atoms with Crippen LogP contribution in [0, 0.1) is 11.3 Å². The Labute approximate surface area is 198 Å². The van der Waals surface area contributed by atoms with Crippen molar-refractivity contribution in [3.63, 3.8) is 0 Å². The van der Waals surface area contributed by atoms with Gasteiger partial charge in [-0.1, -0.05) is 18.2 Å². The minimum atomic E-state index is -0.362. The number of para-hydroxylation sites is 2. The summed E-state index contributed by atoms with van der Waals surface area (Å²) in [6.45, 7) is 3.76. The van der Waals surface area contributed by atoms with Crippen LogP contribution in [0.5, 0.6) is 17.2 Å². The molecular weight excluding hydrogens is 438 g/mol. The summed E-state index contributed by atoms with van der Waals surface area (Å²) in [6.07, 6.45) is 1.51. The van der Waals surface area contributed by atoms with Crippen LogP contribution in [0.4, 0.5) is 5.69 Å². The van der Waals surface area contributed by atoms with E-state index in [0.717, 1.165) is 0 Å². The monoisotopic (exact) mass is 465 g/mol. The standard InChI is InChI=1S/C25H27N3O6/c1-3-33-23-15-18(14-19(16-26)25(30)28-10-12-32-13-11-28)8-9-22(23)34-17-24(29)27-20-6-4-5-7-21(20)31-2/h4-9,14-15H,3,10-13,17H2,1-2H3,(H,27,29)/b19-14-. The van der Waals surface area contributed by atoms with Crippen LogP contribution in [0.2, 0.25) is 0 Å². The third-order valence-corrected chi connectivity index (χ3v) is 4.97. The molecule has 1 fully saturated rings. The maximum absolute atomic E-state index is 12.7. The molecule has 2 aromatic rings. The topological polar surface area (TPSA) is 110 Å². The zero-order valence-electron chi connectivity index (χ0n) is 19.2. The molecule has 3 rings (SSSR count). The number of hydrogen-bond donors (Lipinski definition) is 1. The highest BCUT2D eigenvalue weighted by molar-refractivity contribution is 6.01. The van der Waals surface area contributed by atoms with Gasteiger partial charge in [0.2, 0.25) is 0 Å². The first-order valence-corrected chi connectivity index (χ1v) is 10.9. The van der Waals surface area contributed by atoms with Gasteiger partial charge in [-0.25, -0.2) is 0 Å². The Morgan fingerprint density at radius 1 is 1.12 bits per heavy atom. The molecule has 1 aliphatic rings. The van der Waals surface area contributed by atoms with Crippen LogP contribution in [0.25, 0.3) is 6.08 Å². The van der Waals surface area contributed by atoms with Crippen LogP contribution >= 0.6 is 0 Å². The number of anilines is 1. The number of benzene rings is 2. The Balaban J connectivity index is 1.70. The zero-order chi connectivity index (χ0) is 24.3. The fourth-order valence-corrected chi connectivity index (χ4v) is 3.32. The molecule has 2 amide bonds. The van der Waals surface area contributed by atoms with Crippen molar-refractivity contribution >= 4 is 23.6 Å². The summed E-state index contributed by atoms with van der Waals surface area (Å²) >= 11 is 0. The van der Waals surface area contributed by atoms with Gasteiger partial charge in [-0.15, -0.1) is 0 Å². The molecule has 9 nitrogen and oxygen atoms in total. The molecule has 0 spiro atoms. The summed E-state index contributed by atoms with van der Waals surface area (Å²) in [6, 6.07) is 14.1. The number of ether oxygens (including phenoxy) is 4. The first-order chi connectivity index (χ1) is 16.5. The van der Waals surface area contributed by atoms with Gasteiger partial charge < -0.3 is 29.2 Å². The third-order valence-electron chi connectivity index (χ3n) is 4.97. The fourth-order valence-electron chi connectivity index (χ4n) is 3.32. The second-order valence-corrected chi connectivity index (χ2v) is 7.25. The van der Waals surface area contributed by atoms with E-state index in [4.69, 9.17) is 18.9 Å². The van der Waals surface area contributed by atoms with Gasteiger partial charge in [-0.3, -0.25) is 9.59 Å². The Hall–Kier alpha value is -4.03. The fraction of sp³-hybridized carbons (Fsp3) is 0.320. The molecule has 34 heavy (non-hydrogen) atoms. The minimum Gasteiger partial charge on any atom is -0.495 e. The largest absolute Gasteiger partial charge is 0.495 e. The van der Waals surface area contributed by atoms with Gasteiger partial charge in [0.25, 0.3) is 11.8 Å². The lowest BCUT2D eigenvalue weighted by Gasteiger charge is -2.26. The third kappa shape index (κ3) is 6.49. The molecule has 0 radical (unpaired) electrons. The number of nitriles is 1. The predicted octanol–water partition coefficient (Wildman–Crippen LogP) is 2.88. The second-order valence-electron chi connectivity index (χ2n) is 7.25. The molecule has 9 heteroatoms. The first-order valence-electron chi connectivity index (χ1n) is 10.9. The van der Waals surface area contributed by atoms with Gasteiger partial charge in [0, 0.05) is 13.1 Å². The van der Waals surface area contributed by atoms with Crippen molar-refractivity contribution in [3.8, 4) is 23.3 Å². The lowest BCUT2D eigenvalue weighted by Crippen LogP contribution is -2.41. The SMILES string of the molecule is CCOc1cc(/C=C(/C#N)C(=O)N2CCOCC2)ccc1OCC(=O)Nc1ccccc1OC. The van der Waals surface area contributed by atoms with E-state index in [0.29, 0.717) is 61.4 Å². The lowest BCUT2D eigenvalue weighted by atomic mass is 10.1. The molecule has 0 saturated carbocycles. The van der Waals surface area contributed by atoms with Gasteiger partial charge in [0.05, 0.1) is 32.6 Å². The maximum atomic E-state index is 12.7. The minimum absolute atomic E-state index is 0.0224. The second kappa shape index (κ2) is 12.3. The molecule has 0 unspecified atom stereocenters. The summed E-state index contributed by atoms with van der Waals surface area (Å²) in [4.78, 5) is 26.6. The quantitative estimate of drug-likeness (QED) is 0.448. The van der Waals surface area contributed by atoms with E-state index >= 15 is 0 Å². The van der Waals surface area contributed by atoms with Crippen molar-refractivity contribution in [1.29, 1.82) is 5.26 Å². The Morgan fingerprint density at radius 3 is 2.59 bits per heavy atom. The maximum Gasteiger partial charge on any atom is 0.264 e. The van der Waals surface area contributed by atoms with Crippen molar-refractivity contribution in [3.05, 3.63) is 53.6 Å². The molecule has 1 aliphatic heterocycles. The molecule has 1 N–H and O–H groups in total. The van der Waals surface area contributed by atoms with Crippen LogP contribution < -0.4 is 19.5 Å². The summed E-state index contributed by atoms with van der Waals surface area (Å²) < 4.78 is 21.8. The highest BCUT2D eigenvalue weighted by Gasteiger charge is 2.21. The van der Waals surface area contributed by atoms with Crippen molar-refractivity contribution in [2.24, 2.45) is 0 Å². The Kier molecular flexibility index (Phi) is 8.88. The van der Waals surface area contributed by atoms with E-state index in [1.54, 1.807) is 41.3 Å². The number of rotatable bonds is 9. The highest BCUT2D eigenvalue weighted by atomic mass is 16.5. The zero-order valence-corrected chi connectivity index (χ0v) is 19.2. The van der Waals surface area contributed by atoms with Crippen molar-refractivity contribution < 1.29 is 28.5 Å². The normalized spacial score (nSPS) is 13.6. The van der Waals surface area contributed by atoms with Crippen LogP contribution in [0.3, 0.4) is 0 Å². The molecular formula is C25H27N3O6. The summed E-state index contributed by atoms with van der Waals surface area (Å²) in [5, 5.41) is 12.3. The highest BCUT2D eigenvalue weighted by Crippen LogP contribution is 2.30. The number of hydrogen-bond acceptors (Lipinski definition) is 7. The Morgan fingerprint density at radius 2 is 1.88 bits per heavy atom. The van der Waals surface area contributed by atoms with E-state index in [1.807, 2.05) is 19.1 Å². The van der Waals surface area contributed by atoms with Gasteiger partial charge in [-0.2, -0.15) is 5.26 Å². The smallest absolute Gasteiger partial charge is 0.264 e. The van der Waals surface area contributed by atoms with Crippen LogP contribution in [0.15, 0.2) is 48.0 Å². The van der Waals surface area contributed by atoms with Crippen LogP contribution in [0.1, 0.15) is 12.5 Å². The molecule has 0 atom stereocenters. The molecule has 2 aromatic carbocycles. The van der Waals surface area contributed by atoms with Crippen LogP contribution in [-0.4, -0.2) is 63.3 Å². The average Bonchev–Trinajstić information content (AvgIpc) is 2.87. The van der Waals surface area contributed by atoms with Crippen LogP contribution in [-0.2, 0) is 14.3 Å². The van der Waals surface area contributed by atoms with Gasteiger partial charge in [0.1, 0.15) is 17.4 Å². The van der Waals surface area contributed by atoms with E-state index in [1.165, 1.54) is 13.2 Å². The number of nitrogens with one attached hydrogen (secondary N) is 1. The summed E-state index contributed by atoms with van der Waals surface area (Å²) in [5.41, 5.74) is 1.17. The van der Waals surface area contributed by atoms with Crippen molar-refractivity contribution in [1.82, 2.24) is 4.90 Å². The molecule has 1 saturated heterocycles. The number of amides is 2. The molecule has 0 aliphatic carbocycles. The lowest BCUT2D eigenvalue weighted by molar-refractivity contribution is -0.130. The van der Waals surface area contributed by atoms with E-state index < -0.39 is 0 Å². The number of carbonyl (C=O) groups is 2. The van der Waals surface area contributed by atoms with E-state index in [9.17, 15) is 14.9 Å². The molecule has 0 bridgehead atoms. The molecule has 0 aromatic heterocycles. The summed E-state index contributed by atoms with van der Waals surface area (Å²) in [7, 11) is 1.53. The van der Waals surface area contributed by atoms with E-state index in [2.05, 4.69) is 5.32 Å². The Bertz CT molecular complexity index is 1090. The summed E-state index contributed by atoms with van der Waals surface area (Å²) in [5.74, 6) is 0.613. The molecule has 178 valence electrons. The number of morpholine rings is 1. The molecule has 1 heterocycles. The number of methoxy groups -OCH3 is 1. The van der Waals surface area contributed by atoms with Gasteiger partial charge in [0.15, 0.2) is 18.1 Å². The van der Waals surface area contributed by atoms with Gasteiger partial charge >= 0.3 is 0 Å². The van der Waals surface area contributed by atoms with Crippen molar-refractivity contribution in [2.45, 2.75) is 6.92 Å². The first kappa shape index (κ1) is 24.6.